The van der Waals surface area contributed by atoms with E-state index in [0.717, 1.165) is 11.1 Å². The fraction of sp³-hybridized carbons (Fsp3) is 0.172. The highest BCUT2D eigenvalue weighted by Gasteiger charge is 2.38. The molecule has 7 N–H and O–H groups in total. The van der Waals surface area contributed by atoms with Crippen molar-refractivity contribution in [3.05, 3.63) is 89.8 Å². The molecule has 1 aliphatic heterocycles. The number of nitrogen functional groups attached to an aromatic ring is 1. The van der Waals surface area contributed by atoms with Crippen molar-refractivity contribution in [1.29, 1.82) is 5.41 Å². The number of methoxy groups -OCH3 is 1. The number of aliphatic carboxylic acids is 1. The van der Waals surface area contributed by atoms with Crippen LogP contribution in [0.3, 0.4) is 0 Å². The van der Waals surface area contributed by atoms with Gasteiger partial charge < -0.3 is 26.2 Å². The van der Waals surface area contributed by atoms with E-state index in [9.17, 15) is 27.6 Å². The zero-order chi connectivity index (χ0) is 32.4. The Labute approximate surface area is 248 Å². The Kier molecular flexibility index (Phi) is 10.8. The van der Waals surface area contributed by atoms with Crippen molar-refractivity contribution in [2.75, 3.05) is 17.7 Å². The number of carbonyl (C=O) groups is 4. The van der Waals surface area contributed by atoms with Crippen molar-refractivity contribution in [3.63, 3.8) is 0 Å². The van der Waals surface area contributed by atoms with Gasteiger partial charge in [-0.15, -0.1) is 0 Å². The highest BCUT2D eigenvalue weighted by Crippen LogP contribution is 2.33. The van der Waals surface area contributed by atoms with Crippen LogP contribution in [0.1, 0.15) is 40.5 Å². The molecule has 230 valence electrons. The van der Waals surface area contributed by atoms with Gasteiger partial charge in [0.1, 0.15) is 5.84 Å². The first-order chi connectivity index (χ1) is 20.8. The summed E-state index contributed by atoms with van der Waals surface area (Å²) in [4.78, 5) is 50.7. The summed E-state index contributed by atoms with van der Waals surface area (Å²) in [5, 5.41) is 23.2. The Morgan fingerprint density at radius 1 is 1.07 bits per heavy atom. The van der Waals surface area contributed by atoms with Gasteiger partial charge in [-0.25, -0.2) is 9.59 Å². The first-order valence-corrected chi connectivity index (χ1v) is 12.7. The lowest BCUT2D eigenvalue weighted by molar-refractivity contribution is -0.192. The molecular formula is C29H27F3N6O6. The maximum Gasteiger partial charge on any atom is 0.490 e. The van der Waals surface area contributed by atoms with Crippen LogP contribution in [-0.2, 0) is 14.3 Å². The van der Waals surface area contributed by atoms with Crippen molar-refractivity contribution < 1.29 is 42.2 Å². The quantitative estimate of drug-likeness (QED) is 0.140. The number of carbonyl (C=O) groups excluding carboxylic acids is 3. The molecule has 0 saturated carbocycles. The molecule has 1 atom stereocenters. The van der Waals surface area contributed by atoms with E-state index in [1.54, 1.807) is 54.7 Å². The van der Waals surface area contributed by atoms with E-state index < -0.39 is 24.3 Å². The largest absolute Gasteiger partial charge is 0.490 e. The number of ether oxygens (including phenoxy) is 1. The summed E-state index contributed by atoms with van der Waals surface area (Å²) in [6.45, 7) is 0. The lowest BCUT2D eigenvalue weighted by atomic mass is 9.99. The van der Waals surface area contributed by atoms with E-state index in [-0.39, 0.29) is 24.1 Å². The van der Waals surface area contributed by atoms with Gasteiger partial charge in [-0.2, -0.15) is 13.2 Å². The Morgan fingerprint density at radius 2 is 1.73 bits per heavy atom. The average Bonchev–Trinajstić information content (AvgIpc) is 2.98. The Balaban J connectivity index is 0.000000676. The molecular weight excluding hydrogens is 585 g/mol. The monoisotopic (exact) mass is 612 g/mol. The van der Waals surface area contributed by atoms with Gasteiger partial charge in [0.2, 0.25) is 5.91 Å². The number of carboxylic acid groups (broad SMARTS) is 1. The van der Waals surface area contributed by atoms with E-state index in [1.165, 1.54) is 7.11 Å². The molecule has 0 radical (unpaired) electrons. The minimum Gasteiger partial charge on any atom is -0.475 e. The van der Waals surface area contributed by atoms with Crippen molar-refractivity contribution >= 4 is 41.1 Å². The van der Waals surface area contributed by atoms with Crippen LogP contribution >= 0.6 is 0 Å². The maximum atomic E-state index is 13.0. The number of nitrogens with zero attached hydrogens (tertiary/aromatic N) is 1. The number of pyridine rings is 1. The van der Waals surface area contributed by atoms with Crippen LogP contribution in [0.25, 0.3) is 11.1 Å². The normalized spacial score (nSPS) is 14.9. The number of amidine groups is 1. The third-order valence-electron chi connectivity index (χ3n) is 6.02. The second kappa shape index (κ2) is 14.4. The van der Waals surface area contributed by atoms with Crippen molar-refractivity contribution in [3.8, 4) is 11.1 Å². The van der Waals surface area contributed by atoms with Gasteiger partial charge in [0.15, 0.2) is 0 Å². The average molecular weight is 613 g/mol. The fourth-order valence-electron chi connectivity index (χ4n) is 3.87. The zero-order valence-electron chi connectivity index (χ0n) is 23.1. The molecule has 0 unspecified atom stereocenters. The Bertz CT molecular complexity index is 1590. The molecule has 12 nitrogen and oxygen atoms in total. The second-order valence-corrected chi connectivity index (χ2v) is 9.13. The minimum atomic E-state index is -5.08. The standard InChI is InChI=1S/C27H26N6O4.C2HF3O2/c1-37-27(36)31-19-10-11-20-18-12-13-30-23(14-18)21(4-2-3-5-24(34)32-22(20)15-19)33-26(35)17-8-6-16(7-9-17)25(28)29;3-2(4,5)1(6)7/h2-3,6-15,21H,4-5H2,1H3,(H3,28,29)(H,31,36)(H,32,34)(H,33,35);(H,6,7)/b3-2+;/t21-;/m0./s1. The lowest BCUT2D eigenvalue weighted by Gasteiger charge is -2.20. The fourth-order valence-corrected chi connectivity index (χ4v) is 3.87. The molecule has 2 heterocycles. The third kappa shape index (κ3) is 9.14. The van der Waals surface area contributed by atoms with Crippen LogP contribution in [0.4, 0.5) is 29.3 Å². The molecule has 0 fully saturated rings. The number of anilines is 2. The van der Waals surface area contributed by atoms with Gasteiger partial charge >= 0.3 is 18.2 Å². The second-order valence-electron chi connectivity index (χ2n) is 9.13. The molecule has 2 aromatic carbocycles. The highest BCUT2D eigenvalue weighted by molar-refractivity contribution is 5.99. The molecule has 44 heavy (non-hydrogen) atoms. The van der Waals surface area contributed by atoms with Gasteiger partial charge in [-0.3, -0.25) is 25.3 Å². The maximum absolute atomic E-state index is 13.0. The predicted octanol–water partition coefficient (Wildman–Crippen LogP) is 4.60. The van der Waals surface area contributed by atoms with Gasteiger partial charge in [-0.1, -0.05) is 30.4 Å². The minimum absolute atomic E-state index is 0.0741. The molecule has 3 amide bonds. The number of rotatable bonds is 4. The summed E-state index contributed by atoms with van der Waals surface area (Å²) in [5.74, 6) is -3.36. The van der Waals surface area contributed by atoms with E-state index in [0.29, 0.717) is 34.6 Å². The van der Waals surface area contributed by atoms with Crippen LogP contribution < -0.4 is 21.7 Å². The molecule has 0 spiro atoms. The molecule has 1 aromatic heterocycles. The number of halogens is 3. The van der Waals surface area contributed by atoms with Gasteiger partial charge in [0, 0.05) is 35.0 Å². The first kappa shape index (κ1) is 32.8. The molecule has 0 saturated heterocycles. The molecule has 15 heteroatoms. The number of hydrogen-bond donors (Lipinski definition) is 6. The summed E-state index contributed by atoms with van der Waals surface area (Å²) in [7, 11) is 1.27. The first-order valence-electron chi connectivity index (χ1n) is 12.7. The van der Waals surface area contributed by atoms with Crippen molar-refractivity contribution in [2.45, 2.75) is 25.1 Å². The number of fused-ring (bicyclic) bond motifs is 4. The predicted molar refractivity (Wildman–Crippen MR) is 154 cm³/mol. The number of hydrogen-bond acceptors (Lipinski definition) is 7. The van der Waals surface area contributed by atoms with Gasteiger partial charge in [-0.05, 0) is 48.4 Å². The summed E-state index contributed by atoms with van der Waals surface area (Å²) < 4.78 is 36.4. The highest BCUT2D eigenvalue weighted by atomic mass is 19.4. The van der Waals surface area contributed by atoms with Gasteiger partial charge in [0.25, 0.3) is 5.91 Å². The van der Waals surface area contributed by atoms with Crippen LogP contribution in [-0.4, -0.2) is 53.1 Å². The number of aromatic nitrogens is 1. The van der Waals surface area contributed by atoms with Crippen LogP contribution in [0, 0.1) is 5.41 Å². The summed E-state index contributed by atoms with van der Waals surface area (Å²) in [5.41, 5.74) is 9.57. The third-order valence-corrected chi connectivity index (χ3v) is 6.02. The smallest absolute Gasteiger partial charge is 0.475 e. The SMILES string of the molecule is COC(=O)Nc1ccc2c(c1)NC(=O)C/C=C/C[C@H](NC(=O)c1ccc(C(=N)N)cc1)c1cc-2ccn1.O=C(O)C(F)(F)F. The zero-order valence-corrected chi connectivity index (χ0v) is 23.1. The number of amides is 3. The van der Waals surface area contributed by atoms with Crippen LogP contribution in [0.5, 0.6) is 0 Å². The molecule has 0 aliphatic carbocycles. The number of nitrogens with one attached hydrogen (secondary N) is 4. The molecule has 2 bridgehead atoms. The van der Waals surface area contributed by atoms with Crippen molar-refractivity contribution in [1.82, 2.24) is 10.3 Å². The van der Waals surface area contributed by atoms with E-state index in [4.69, 9.17) is 21.0 Å². The molecule has 3 aromatic rings. The number of nitrogens with two attached hydrogens (primary N) is 1. The van der Waals surface area contributed by atoms with Crippen LogP contribution in [0.15, 0.2) is 72.9 Å². The van der Waals surface area contributed by atoms with Crippen molar-refractivity contribution in [2.24, 2.45) is 5.73 Å². The van der Waals surface area contributed by atoms with Gasteiger partial charge in [0.05, 0.1) is 24.5 Å². The number of benzene rings is 2. The van der Waals surface area contributed by atoms with E-state index in [1.807, 2.05) is 18.2 Å². The summed E-state index contributed by atoms with van der Waals surface area (Å²) >= 11 is 0. The topological polar surface area (TPSA) is 197 Å². The Morgan fingerprint density at radius 3 is 2.34 bits per heavy atom. The van der Waals surface area contributed by atoms with E-state index in [2.05, 4.69) is 25.7 Å². The summed E-state index contributed by atoms with van der Waals surface area (Å²) in [6, 6.07) is 14.8. The lowest BCUT2D eigenvalue weighted by Crippen LogP contribution is -2.29. The Hall–Kier alpha value is -5.73. The molecule has 4 rings (SSSR count). The summed E-state index contributed by atoms with van der Waals surface area (Å²) in [6.07, 6.45) is 0.0574. The van der Waals surface area contributed by atoms with E-state index >= 15 is 0 Å². The number of carboxylic acids is 1. The molecule has 1 aliphatic rings. The number of alkyl halides is 3. The van der Waals surface area contributed by atoms with Crippen LogP contribution in [0.2, 0.25) is 0 Å².